The number of hydrogen-bond donors (Lipinski definition) is 1. The van der Waals surface area contributed by atoms with Crippen molar-refractivity contribution in [3.63, 3.8) is 0 Å². The summed E-state index contributed by atoms with van der Waals surface area (Å²) in [6.45, 7) is 6.02. The lowest BCUT2D eigenvalue weighted by atomic mass is 9.95. The molecule has 9 heteroatoms. The zero-order chi connectivity index (χ0) is 25.4. The molecule has 0 radical (unpaired) electrons. The number of aryl methyl sites for hydroxylation is 1. The first-order valence-corrected chi connectivity index (χ1v) is 13.7. The zero-order valence-electron chi connectivity index (χ0n) is 21.1. The van der Waals surface area contributed by atoms with Crippen molar-refractivity contribution in [3.05, 3.63) is 51.7 Å². The van der Waals surface area contributed by atoms with E-state index in [4.69, 9.17) is 21.1 Å². The van der Waals surface area contributed by atoms with Gasteiger partial charge in [0.05, 0.1) is 28.3 Å². The highest BCUT2D eigenvalue weighted by molar-refractivity contribution is 9.10. The van der Waals surface area contributed by atoms with Gasteiger partial charge in [-0.2, -0.15) is 0 Å². The molecular formula is C27H33BrClN5O2. The first-order chi connectivity index (χ1) is 17.2. The highest BCUT2D eigenvalue weighted by Crippen LogP contribution is 2.46. The molecule has 1 unspecified atom stereocenters. The van der Waals surface area contributed by atoms with Gasteiger partial charge in [0.15, 0.2) is 5.79 Å². The molecule has 7 nitrogen and oxygen atoms in total. The topological polar surface area (TPSA) is 71.3 Å². The Morgan fingerprint density at radius 2 is 2.11 bits per heavy atom. The van der Waals surface area contributed by atoms with Crippen molar-refractivity contribution in [2.24, 2.45) is 15.9 Å². The van der Waals surface area contributed by atoms with Gasteiger partial charge in [-0.1, -0.05) is 29.8 Å². The van der Waals surface area contributed by atoms with E-state index in [1.54, 1.807) is 6.34 Å². The van der Waals surface area contributed by atoms with E-state index in [9.17, 15) is 0 Å². The number of ether oxygens (including phenoxy) is 2. The van der Waals surface area contributed by atoms with E-state index < -0.39 is 5.79 Å². The molecule has 3 heterocycles. The maximum absolute atomic E-state index is 6.44. The summed E-state index contributed by atoms with van der Waals surface area (Å²) in [7, 11) is 1.89. The Bertz CT molecular complexity index is 1220. The SMILES string of the molecule is CNC(C)/N=C\N=C1/CC=CN1[C@@H]1C[C@H](CCc2ccc3cc(Br)c(Cl)nc3c2)[C@H]2OC(C)(C)O[C@H]21. The van der Waals surface area contributed by atoms with Crippen LogP contribution in [0.15, 0.2) is 51.0 Å². The van der Waals surface area contributed by atoms with Crippen LogP contribution < -0.4 is 5.32 Å². The van der Waals surface area contributed by atoms with Gasteiger partial charge in [0, 0.05) is 18.0 Å². The summed E-state index contributed by atoms with van der Waals surface area (Å²) in [6, 6.07) is 8.64. The largest absolute Gasteiger partial charge is 0.344 e. The molecule has 2 aliphatic heterocycles. The molecule has 0 spiro atoms. The summed E-state index contributed by atoms with van der Waals surface area (Å²) >= 11 is 9.69. The van der Waals surface area contributed by atoms with Gasteiger partial charge in [-0.3, -0.25) is 10.3 Å². The van der Waals surface area contributed by atoms with Crippen molar-refractivity contribution >= 4 is 50.6 Å². The second kappa shape index (κ2) is 10.5. The Kier molecular flexibility index (Phi) is 7.52. The fraction of sp³-hybridized carbons (Fsp3) is 0.519. The van der Waals surface area contributed by atoms with Crippen LogP contribution in [-0.4, -0.2) is 59.3 Å². The van der Waals surface area contributed by atoms with Crippen LogP contribution in [0.4, 0.5) is 0 Å². The van der Waals surface area contributed by atoms with Gasteiger partial charge >= 0.3 is 0 Å². The summed E-state index contributed by atoms with van der Waals surface area (Å²) in [5, 5.41) is 4.66. The third-order valence-corrected chi connectivity index (χ3v) is 8.41. The second-order valence-electron chi connectivity index (χ2n) is 10.2. The number of nitrogens with zero attached hydrogens (tertiary/aromatic N) is 4. The van der Waals surface area contributed by atoms with E-state index >= 15 is 0 Å². The van der Waals surface area contributed by atoms with E-state index in [-0.39, 0.29) is 24.4 Å². The summed E-state index contributed by atoms with van der Waals surface area (Å²) in [5.74, 6) is 0.795. The Labute approximate surface area is 226 Å². The van der Waals surface area contributed by atoms with Crippen LogP contribution in [0.2, 0.25) is 5.15 Å². The smallest absolute Gasteiger partial charge is 0.163 e. The molecule has 0 amide bonds. The molecule has 1 N–H and O–H groups in total. The van der Waals surface area contributed by atoms with Crippen molar-refractivity contribution in [2.45, 2.75) is 76.7 Å². The van der Waals surface area contributed by atoms with Crippen LogP contribution in [-0.2, 0) is 15.9 Å². The van der Waals surface area contributed by atoms with Gasteiger partial charge in [-0.15, -0.1) is 0 Å². The molecule has 1 saturated carbocycles. The Morgan fingerprint density at radius 3 is 2.92 bits per heavy atom. The fourth-order valence-electron chi connectivity index (χ4n) is 5.44. The van der Waals surface area contributed by atoms with E-state index in [0.717, 1.165) is 46.9 Å². The standard InChI is InChI=1S/C27H33BrClN5O2/c1-16(30-4)31-15-32-23-6-5-11-34(23)22-14-19(24-25(22)36-27(2,3)35-24)10-8-17-7-9-18-13-20(28)26(29)33-21(18)12-17/h5,7,9,11-13,15-16,19,22,24-25,30H,6,8,10,14H2,1-4H3/b31-15-,32-23+/t16?,19-,22+,24+,25-/m0/s1. The van der Waals surface area contributed by atoms with Crippen LogP contribution in [0, 0.1) is 5.92 Å². The summed E-state index contributed by atoms with van der Waals surface area (Å²) in [4.78, 5) is 15.9. The highest BCUT2D eigenvalue weighted by Gasteiger charge is 2.55. The van der Waals surface area contributed by atoms with Crippen LogP contribution in [0.5, 0.6) is 0 Å². The first kappa shape index (κ1) is 25.8. The maximum Gasteiger partial charge on any atom is 0.163 e. The van der Waals surface area contributed by atoms with Crippen LogP contribution in [0.25, 0.3) is 10.9 Å². The molecule has 192 valence electrons. The minimum atomic E-state index is -0.590. The van der Waals surface area contributed by atoms with Crippen molar-refractivity contribution in [1.82, 2.24) is 15.2 Å². The molecule has 1 saturated heterocycles. The average molecular weight is 575 g/mol. The third-order valence-electron chi connectivity index (χ3n) is 7.28. The van der Waals surface area contributed by atoms with Gasteiger partial charge in [0.25, 0.3) is 0 Å². The molecule has 1 aliphatic carbocycles. The quantitative estimate of drug-likeness (QED) is 0.261. The lowest BCUT2D eigenvalue weighted by molar-refractivity contribution is -0.160. The summed E-state index contributed by atoms with van der Waals surface area (Å²) in [6.07, 6.45) is 9.80. The van der Waals surface area contributed by atoms with Gasteiger partial charge in [-0.05, 0) is 86.6 Å². The number of benzene rings is 1. The first-order valence-electron chi connectivity index (χ1n) is 12.5. The van der Waals surface area contributed by atoms with Crippen molar-refractivity contribution in [2.75, 3.05) is 7.05 Å². The monoisotopic (exact) mass is 573 g/mol. The molecule has 36 heavy (non-hydrogen) atoms. The van der Waals surface area contributed by atoms with Crippen molar-refractivity contribution in [1.29, 1.82) is 0 Å². The summed E-state index contributed by atoms with van der Waals surface area (Å²) in [5.41, 5.74) is 2.17. The molecular weight excluding hydrogens is 542 g/mol. The van der Waals surface area contributed by atoms with E-state index in [0.29, 0.717) is 11.1 Å². The predicted molar refractivity (Wildman–Crippen MR) is 149 cm³/mol. The van der Waals surface area contributed by atoms with Gasteiger partial charge in [-0.25, -0.2) is 9.98 Å². The fourth-order valence-corrected chi connectivity index (χ4v) is 5.92. The Morgan fingerprint density at radius 1 is 1.31 bits per heavy atom. The third kappa shape index (κ3) is 5.38. The summed E-state index contributed by atoms with van der Waals surface area (Å²) < 4.78 is 13.7. The minimum absolute atomic E-state index is 0.000507. The van der Waals surface area contributed by atoms with Crippen LogP contribution in [0.3, 0.4) is 0 Å². The number of halogens is 2. The van der Waals surface area contributed by atoms with Crippen molar-refractivity contribution in [3.8, 4) is 0 Å². The number of aliphatic imine (C=N–C) groups is 2. The van der Waals surface area contributed by atoms with Crippen molar-refractivity contribution < 1.29 is 9.47 Å². The Balaban J connectivity index is 1.32. The van der Waals surface area contributed by atoms with Gasteiger partial charge < -0.3 is 14.4 Å². The highest BCUT2D eigenvalue weighted by atomic mass is 79.9. The maximum atomic E-state index is 6.44. The number of pyridine rings is 1. The second-order valence-corrected chi connectivity index (χ2v) is 11.4. The number of nitrogens with one attached hydrogen (secondary N) is 1. The minimum Gasteiger partial charge on any atom is -0.344 e. The predicted octanol–water partition coefficient (Wildman–Crippen LogP) is 5.70. The van der Waals surface area contributed by atoms with Gasteiger partial charge in [0.1, 0.15) is 23.4 Å². The molecule has 5 atom stereocenters. The normalized spacial score (nSPS) is 29.2. The number of aromatic nitrogens is 1. The molecule has 2 fully saturated rings. The Hall–Kier alpha value is -1.84. The number of fused-ring (bicyclic) bond motifs is 2. The number of amidine groups is 1. The van der Waals surface area contributed by atoms with E-state index in [1.807, 2.05) is 33.9 Å². The molecule has 1 aromatic carbocycles. The zero-order valence-corrected chi connectivity index (χ0v) is 23.5. The van der Waals surface area contributed by atoms with E-state index in [2.05, 4.69) is 71.6 Å². The molecule has 3 aliphatic rings. The lowest BCUT2D eigenvalue weighted by Gasteiger charge is -2.30. The lowest BCUT2D eigenvalue weighted by Crippen LogP contribution is -2.42. The molecule has 1 aromatic heterocycles. The van der Waals surface area contributed by atoms with Crippen LogP contribution >= 0.6 is 27.5 Å². The van der Waals surface area contributed by atoms with E-state index in [1.165, 1.54) is 5.56 Å². The number of hydrogen-bond acceptors (Lipinski definition) is 5. The van der Waals surface area contributed by atoms with Crippen LogP contribution in [0.1, 0.15) is 45.6 Å². The van der Waals surface area contributed by atoms with Gasteiger partial charge in [0.2, 0.25) is 0 Å². The molecule has 5 rings (SSSR count). The molecule has 2 aromatic rings. The number of rotatable bonds is 7. The molecule has 0 bridgehead atoms. The average Bonchev–Trinajstić information content (AvgIpc) is 3.51.